The van der Waals surface area contributed by atoms with Gasteiger partial charge in [0.1, 0.15) is 0 Å². The third-order valence-electron chi connectivity index (χ3n) is 3.72. The van der Waals surface area contributed by atoms with Crippen LogP contribution in [0.1, 0.15) is 12.0 Å². The second kappa shape index (κ2) is 5.07. The molecule has 1 aliphatic heterocycles. The molecule has 2 rings (SSSR count). The summed E-state index contributed by atoms with van der Waals surface area (Å²) in [5.41, 5.74) is 8.65. The van der Waals surface area contributed by atoms with Gasteiger partial charge in [-0.2, -0.15) is 0 Å². The van der Waals surface area contributed by atoms with Crippen molar-refractivity contribution in [1.29, 1.82) is 0 Å². The van der Waals surface area contributed by atoms with Crippen molar-refractivity contribution in [2.75, 3.05) is 38.3 Å². The minimum atomic E-state index is 0.136. The summed E-state index contributed by atoms with van der Waals surface area (Å²) in [6.07, 6.45) is 1.07. The molecule has 1 saturated heterocycles. The van der Waals surface area contributed by atoms with Gasteiger partial charge in [0.25, 0.3) is 0 Å². The summed E-state index contributed by atoms with van der Waals surface area (Å²) in [6, 6.07) is 8.46. The molecule has 17 heavy (non-hydrogen) atoms. The fourth-order valence-electron chi connectivity index (χ4n) is 2.58. The van der Waals surface area contributed by atoms with Crippen molar-refractivity contribution in [2.24, 2.45) is 11.1 Å². The molecule has 2 N–H and O–H groups in total. The minimum absolute atomic E-state index is 0.136. The molecule has 0 radical (unpaired) electrons. The van der Waals surface area contributed by atoms with Gasteiger partial charge in [-0.1, -0.05) is 18.2 Å². The number of nitrogens with zero attached hydrogens (tertiary/aromatic N) is 1. The molecule has 1 heterocycles. The van der Waals surface area contributed by atoms with Gasteiger partial charge in [0.05, 0.1) is 6.61 Å². The lowest BCUT2D eigenvalue weighted by atomic mass is 9.86. The van der Waals surface area contributed by atoms with Crippen molar-refractivity contribution < 1.29 is 4.74 Å². The molecule has 3 heteroatoms. The molecule has 0 spiro atoms. The first-order chi connectivity index (χ1) is 8.17. The molecular weight excluding hydrogens is 212 g/mol. The maximum atomic E-state index is 5.93. The zero-order chi connectivity index (χ0) is 12.3. The Hall–Kier alpha value is -1.06. The van der Waals surface area contributed by atoms with E-state index in [0.717, 1.165) is 26.2 Å². The molecule has 1 unspecified atom stereocenters. The van der Waals surface area contributed by atoms with E-state index >= 15 is 0 Å². The zero-order valence-electron chi connectivity index (χ0n) is 10.8. The first kappa shape index (κ1) is 12.4. The Labute approximate surface area is 104 Å². The SMILES string of the molecule is Cc1ccccc1N(C)CC1(CN)CCOC1. The molecule has 1 aromatic rings. The lowest BCUT2D eigenvalue weighted by Crippen LogP contribution is -2.42. The molecule has 94 valence electrons. The fourth-order valence-corrected chi connectivity index (χ4v) is 2.58. The number of rotatable bonds is 4. The Bertz CT molecular complexity index is 372. The fraction of sp³-hybridized carbons (Fsp3) is 0.571. The Kier molecular flexibility index (Phi) is 3.69. The monoisotopic (exact) mass is 234 g/mol. The van der Waals surface area contributed by atoms with E-state index in [9.17, 15) is 0 Å². The smallest absolute Gasteiger partial charge is 0.0552 e. The highest BCUT2D eigenvalue weighted by Crippen LogP contribution is 2.30. The van der Waals surface area contributed by atoms with Crippen LogP contribution in [0.25, 0.3) is 0 Å². The van der Waals surface area contributed by atoms with E-state index in [-0.39, 0.29) is 5.41 Å². The van der Waals surface area contributed by atoms with E-state index < -0.39 is 0 Å². The van der Waals surface area contributed by atoms with Crippen molar-refractivity contribution in [1.82, 2.24) is 0 Å². The summed E-state index contributed by atoms with van der Waals surface area (Å²) >= 11 is 0. The van der Waals surface area contributed by atoms with E-state index in [1.54, 1.807) is 0 Å². The van der Waals surface area contributed by atoms with Gasteiger partial charge < -0.3 is 15.4 Å². The zero-order valence-corrected chi connectivity index (χ0v) is 10.8. The Morgan fingerprint density at radius 1 is 1.41 bits per heavy atom. The Balaban J connectivity index is 2.11. The van der Waals surface area contributed by atoms with E-state index in [1.807, 2.05) is 0 Å². The lowest BCUT2D eigenvalue weighted by Gasteiger charge is -2.33. The van der Waals surface area contributed by atoms with Gasteiger partial charge in [-0.15, -0.1) is 0 Å². The molecule has 1 atom stereocenters. The summed E-state index contributed by atoms with van der Waals surface area (Å²) < 4.78 is 5.51. The van der Waals surface area contributed by atoms with Crippen LogP contribution in [0.4, 0.5) is 5.69 Å². The number of anilines is 1. The molecule has 0 aliphatic carbocycles. The third kappa shape index (κ3) is 2.61. The van der Waals surface area contributed by atoms with Crippen LogP contribution in [-0.4, -0.2) is 33.4 Å². The van der Waals surface area contributed by atoms with Gasteiger partial charge in [-0.3, -0.25) is 0 Å². The van der Waals surface area contributed by atoms with Gasteiger partial charge in [0.15, 0.2) is 0 Å². The number of aryl methyl sites for hydroxylation is 1. The molecule has 1 aliphatic rings. The van der Waals surface area contributed by atoms with Crippen LogP contribution >= 0.6 is 0 Å². The van der Waals surface area contributed by atoms with Crippen molar-refractivity contribution in [3.05, 3.63) is 29.8 Å². The number of nitrogens with two attached hydrogens (primary N) is 1. The summed E-state index contributed by atoms with van der Waals surface area (Å²) in [4.78, 5) is 2.30. The highest BCUT2D eigenvalue weighted by molar-refractivity contribution is 5.52. The molecule has 0 amide bonds. The predicted octanol–water partition coefficient (Wildman–Crippen LogP) is 1.80. The normalized spacial score (nSPS) is 23.9. The summed E-state index contributed by atoms with van der Waals surface area (Å²) in [5, 5.41) is 0. The van der Waals surface area contributed by atoms with E-state index in [2.05, 4.69) is 43.1 Å². The van der Waals surface area contributed by atoms with Gasteiger partial charge in [-0.05, 0) is 25.0 Å². The largest absolute Gasteiger partial charge is 0.381 e. The number of ether oxygens (including phenoxy) is 1. The number of hydrogen-bond donors (Lipinski definition) is 1. The third-order valence-corrected chi connectivity index (χ3v) is 3.72. The van der Waals surface area contributed by atoms with Crippen LogP contribution in [0.15, 0.2) is 24.3 Å². The lowest BCUT2D eigenvalue weighted by molar-refractivity contribution is 0.157. The molecule has 1 aromatic carbocycles. The quantitative estimate of drug-likeness (QED) is 0.863. The van der Waals surface area contributed by atoms with Crippen molar-refractivity contribution in [3.63, 3.8) is 0 Å². The molecular formula is C14H22N2O. The standard InChI is InChI=1S/C14H22N2O/c1-12-5-3-4-6-13(12)16(2)10-14(9-15)7-8-17-11-14/h3-6H,7-11,15H2,1-2H3. The maximum Gasteiger partial charge on any atom is 0.0552 e. The van der Waals surface area contributed by atoms with Gasteiger partial charge >= 0.3 is 0 Å². The van der Waals surface area contributed by atoms with E-state index in [1.165, 1.54) is 11.3 Å². The topological polar surface area (TPSA) is 38.5 Å². The van der Waals surface area contributed by atoms with Crippen LogP contribution in [0, 0.1) is 12.3 Å². The van der Waals surface area contributed by atoms with Crippen molar-refractivity contribution in [2.45, 2.75) is 13.3 Å². The molecule has 1 fully saturated rings. The van der Waals surface area contributed by atoms with E-state index in [0.29, 0.717) is 6.54 Å². The van der Waals surface area contributed by atoms with Crippen molar-refractivity contribution in [3.8, 4) is 0 Å². The van der Waals surface area contributed by atoms with E-state index in [4.69, 9.17) is 10.5 Å². The molecule has 0 aromatic heterocycles. The summed E-state index contributed by atoms with van der Waals surface area (Å²) in [6.45, 7) is 5.45. The van der Waals surface area contributed by atoms with Crippen LogP contribution in [-0.2, 0) is 4.74 Å². The summed E-state index contributed by atoms with van der Waals surface area (Å²) in [5.74, 6) is 0. The first-order valence-corrected chi connectivity index (χ1v) is 6.21. The molecule has 0 bridgehead atoms. The van der Waals surface area contributed by atoms with Gasteiger partial charge in [-0.25, -0.2) is 0 Å². The predicted molar refractivity (Wildman–Crippen MR) is 71.4 cm³/mol. The Morgan fingerprint density at radius 2 is 2.18 bits per heavy atom. The van der Waals surface area contributed by atoms with Crippen LogP contribution in [0.5, 0.6) is 0 Å². The summed E-state index contributed by atoms with van der Waals surface area (Å²) in [7, 11) is 2.14. The molecule has 3 nitrogen and oxygen atoms in total. The highest BCUT2D eigenvalue weighted by Gasteiger charge is 2.34. The molecule has 0 saturated carbocycles. The van der Waals surface area contributed by atoms with Crippen molar-refractivity contribution >= 4 is 5.69 Å². The van der Waals surface area contributed by atoms with Gasteiger partial charge in [0.2, 0.25) is 0 Å². The average Bonchev–Trinajstić information content (AvgIpc) is 2.79. The first-order valence-electron chi connectivity index (χ1n) is 6.21. The van der Waals surface area contributed by atoms with Crippen LogP contribution in [0.3, 0.4) is 0 Å². The minimum Gasteiger partial charge on any atom is -0.381 e. The number of para-hydroxylation sites is 1. The average molecular weight is 234 g/mol. The number of hydrogen-bond acceptors (Lipinski definition) is 3. The number of benzene rings is 1. The van der Waals surface area contributed by atoms with Crippen LogP contribution in [0.2, 0.25) is 0 Å². The second-order valence-electron chi connectivity index (χ2n) is 5.15. The van der Waals surface area contributed by atoms with Crippen LogP contribution < -0.4 is 10.6 Å². The maximum absolute atomic E-state index is 5.93. The second-order valence-corrected chi connectivity index (χ2v) is 5.15. The Morgan fingerprint density at radius 3 is 2.76 bits per heavy atom. The van der Waals surface area contributed by atoms with Gasteiger partial charge in [0, 0.05) is 37.8 Å². The highest BCUT2D eigenvalue weighted by atomic mass is 16.5.